The lowest BCUT2D eigenvalue weighted by Crippen LogP contribution is -2.47. The molecule has 9 heteroatoms. The van der Waals surface area contributed by atoms with E-state index in [2.05, 4.69) is 23.9 Å². The Morgan fingerprint density at radius 3 is 2.38 bits per heavy atom. The van der Waals surface area contributed by atoms with Crippen molar-refractivity contribution < 1.29 is 9.53 Å². The summed E-state index contributed by atoms with van der Waals surface area (Å²) in [6, 6.07) is 16.9. The molecule has 1 atom stereocenters. The van der Waals surface area contributed by atoms with Crippen LogP contribution in [-0.2, 0) is 4.79 Å². The largest absolute Gasteiger partial charge is 0.457 e. The minimum atomic E-state index is -0.443. The van der Waals surface area contributed by atoms with Gasteiger partial charge in [-0.1, -0.05) is 32.0 Å². The maximum absolute atomic E-state index is 12.7. The molecule has 192 valence electrons. The van der Waals surface area contributed by atoms with E-state index in [1.54, 1.807) is 6.20 Å². The van der Waals surface area contributed by atoms with E-state index >= 15 is 0 Å². The van der Waals surface area contributed by atoms with Gasteiger partial charge in [0.1, 0.15) is 17.3 Å². The maximum atomic E-state index is 12.7. The Hall–Kier alpha value is -3.98. The highest BCUT2D eigenvalue weighted by Crippen LogP contribution is 2.30. The van der Waals surface area contributed by atoms with Gasteiger partial charge in [0, 0.05) is 18.7 Å². The van der Waals surface area contributed by atoms with Gasteiger partial charge in [-0.05, 0) is 61.6 Å². The van der Waals surface area contributed by atoms with Crippen molar-refractivity contribution in [3.05, 3.63) is 60.8 Å². The summed E-state index contributed by atoms with van der Waals surface area (Å²) in [5.74, 6) is 2.84. The summed E-state index contributed by atoms with van der Waals surface area (Å²) in [7, 11) is 0. The van der Waals surface area contributed by atoms with Gasteiger partial charge in [-0.15, -0.1) is 0 Å². The molecule has 5 rings (SSSR count). The molecule has 4 aromatic rings. The molecular weight excluding hydrogens is 466 g/mol. The van der Waals surface area contributed by atoms with Crippen molar-refractivity contribution in [3.63, 3.8) is 0 Å². The highest BCUT2D eigenvalue weighted by atomic mass is 16.5. The summed E-state index contributed by atoms with van der Waals surface area (Å²) in [4.78, 5) is 24.0. The fourth-order valence-corrected chi connectivity index (χ4v) is 4.81. The number of rotatable bonds is 7. The van der Waals surface area contributed by atoms with Crippen LogP contribution in [0.25, 0.3) is 22.4 Å². The highest BCUT2D eigenvalue weighted by Gasteiger charge is 2.29. The monoisotopic (exact) mass is 499 g/mol. The predicted molar refractivity (Wildman–Crippen MR) is 144 cm³/mol. The number of nitrogen functional groups attached to an aromatic ring is 1. The molecule has 2 aromatic carbocycles. The summed E-state index contributed by atoms with van der Waals surface area (Å²) in [5, 5.41) is 5.33. The zero-order chi connectivity index (χ0) is 25.9. The number of carbonyl (C=O) groups excluding carboxylic acids is 1. The molecule has 9 nitrogen and oxygen atoms in total. The fraction of sp³-hybridized carbons (Fsp3) is 0.357. The van der Waals surface area contributed by atoms with Crippen LogP contribution in [0.5, 0.6) is 11.5 Å². The number of anilines is 1. The molecule has 1 saturated heterocycles. The van der Waals surface area contributed by atoms with Crippen LogP contribution in [0.2, 0.25) is 0 Å². The number of amides is 1. The highest BCUT2D eigenvalue weighted by molar-refractivity contribution is 5.87. The van der Waals surface area contributed by atoms with Crippen LogP contribution in [-0.4, -0.2) is 49.7 Å². The summed E-state index contributed by atoms with van der Waals surface area (Å²) >= 11 is 0. The van der Waals surface area contributed by atoms with E-state index in [0.717, 1.165) is 35.3 Å². The number of hydrogen-bond acceptors (Lipinski definition) is 7. The van der Waals surface area contributed by atoms with Gasteiger partial charge in [-0.2, -0.15) is 5.10 Å². The first-order valence-corrected chi connectivity index (χ1v) is 12.8. The van der Waals surface area contributed by atoms with Gasteiger partial charge in [0.25, 0.3) is 0 Å². The van der Waals surface area contributed by atoms with Crippen LogP contribution >= 0.6 is 0 Å². The number of likely N-dealkylation sites (tertiary alicyclic amines) is 1. The van der Waals surface area contributed by atoms with E-state index < -0.39 is 6.04 Å². The normalized spacial score (nSPS) is 15.3. The van der Waals surface area contributed by atoms with Crippen LogP contribution in [0.15, 0.2) is 60.8 Å². The number of carbonyl (C=O) groups is 1. The number of piperidine rings is 1. The number of nitrogens with two attached hydrogens (primary N) is 2. The average molecular weight is 500 g/mol. The van der Waals surface area contributed by atoms with Gasteiger partial charge in [0.05, 0.1) is 23.7 Å². The van der Waals surface area contributed by atoms with Crippen molar-refractivity contribution >= 4 is 22.8 Å². The molecule has 0 saturated carbocycles. The summed E-state index contributed by atoms with van der Waals surface area (Å²) in [5.41, 5.74) is 14.0. The first-order valence-electron chi connectivity index (χ1n) is 12.8. The minimum absolute atomic E-state index is 0.0334. The molecular formula is C28H33N7O2. The van der Waals surface area contributed by atoms with Crippen LogP contribution in [0.1, 0.15) is 39.2 Å². The summed E-state index contributed by atoms with van der Waals surface area (Å²) in [6.45, 7) is 5.45. The van der Waals surface area contributed by atoms with E-state index in [1.165, 1.54) is 0 Å². The van der Waals surface area contributed by atoms with Crippen molar-refractivity contribution in [1.82, 2.24) is 24.6 Å². The van der Waals surface area contributed by atoms with Crippen LogP contribution in [0.4, 0.5) is 5.82 Å². The van der Waals surface area contributed by atoms with Crippen molar-refractivity contribution in [1.29, 1.82) is 0 Å². The number of para-hydroxylation sites is 1. The fourth-order valence-electron chi connectivity index (χ4n) is 4.81. The molecule has 37 heavy (non-hydrogen) atoms. The van der Waals surface area contributed by atoms with Crippen LogP contribution < -0.4 is 16.2 Å². The van der Waals surface area contributed by atoms with Crippen LogP contribution in [0.3, 0.4) is 0 Å². The topological polar surface area (TPSA) is 125 Å². The van der Waals surface area contributed by atoms with Gasteiger partial charge >= 0.3 is 0 Å². The Kier molecular flexibility index (Phi) is 7.05. The Balaban J connectivity index is 1.32. The molecule has 1 amide bonds. The Morgan fingerprint density at radius 1 is 1.03 bits per heavy atom. The van der Waals surface area contributed by atoms with E-state index in [9.17, 15) is 4.79 Å². The zero-order valence-corrected chi connectivity index (χ0v) is 21.2. The Bertz CT molecular complexity index is 1360. The first kappa shape index (κ1) is 24.7. The number of hydrogen-bond donors (Lipinski definition) is 2. The third-order valence-electron chi connectivity index (χ3n) is 6.74. The van der Waals surface area contributed by atoms with E-state index in [1.807, 2.05) is 64.2 Å². The molecule has 0 unspecified atom stereocenters. The van der Waals surface area contributed by atoms with Crippen LogP contribution in [0, 0.1) is 5.92 Å². The zero-order valence-electron chi connectivity index (χ0n) is 21.2. The van der Waals surface area contributed by atoms with E-state index in [0.29, 0.717) is 42.7 Å². The van der Waals surface area contributed by atoms with Gasteiger partial charge in [0.2, 0.25) is 5.91 Å². The maximum Gasteiger partial charge on any atom is 0.239 e. The molecule has 1 fully saturated rings. The molecule has 0 bridgehead atoms. The molecule has 4 N–H and O–H groups in total. The van der Waals surface area contributed by atoms with Gasteiger partial charge < -0.3 is 21.1 Å². The van der Waals surface area contributed by atoms with Gasteiger partial charge in [-0.25, -0.2) is 14.6 Å². The number of benzene rings is 2. The van der Waals surface area contributed by atoms with Crippen molar-refractivity contribution in [2.24, 2.45) is 11.7 Å². The lowest BCUT2D eigenvalue weighted by molar-refractivity contribution is -0.134. The minimum Gasteiger partial charge on any atom is -0.457 e. The quantitative estimate of drug-likeness (QED) is 0.386. The van der Waals surface area contributed by atoms with Gasteiger partial charge in [-0.3, -0.25) is 4.79 Å². The predicted octanol–water partition coefficient (Wildman–Crippen LogP) is 4.40. The first-order chi connectivity index (χ1) is 17.9. The smallest absolute Gasteiger partial charge is 0.239 e. The molecule has 0 aliphatic carbocycles. The van der Waals surface area contributed by atoms with Crippen molar-refractivity contribution in [2.45, 2.75) is 45.2 Å². The van der Waals surface area contributed by atoms with Crippen molar-refractivity contribution in [2.75, 3.05) is 18.8 Å². The number of fused-ring (bicyclic) bond motifs is 1. The molecule has 0 spiro atoms. The summed E-state index contributed by atoms with van der Waals surface area (Å²) in [6.07, 6.45) is 3.98. The Morgan fingerprint density at radius 2 is 1.70 bits per heavy atom. The van der Waals surface area contributed by atoms with E-state index in [4.69, 9.17) is 21.2 Å². The Labute approximate surface area is 216 Å². The number of ether oxygens (including phenoxy) is 1. The van der Waals surface area contributed by atoms with E-state index in [-0.39, 0.29) is 11.9 Å². The number of aromatic nitrogens is 4. The molecule has 2 aromatic heterocycles. The standard InChI is InChI=1S/C28H33N7O2/c1-18(2)16-24(29)28(36)34-14-12-20(13-15-34)35-27-23(17-31-35)25(30)32-26(33-27)19-8-10-22(11-9-19)37-21-6-4-3-5-7-21/h3-11,17-18,20,24H,12-16,29H2,1-2H3,(H2,30,32,33)/t24-/m1/s1. The third-order valence-corrected chi connectivity index (χ3v) is 6.74. The van der Waals surface area contributed by atoms with Gasteiger partial charge in [0.15, 0.2) is 11.5 Å². The van der Waals surface area contributed by atoms with Crippen molar-refractivity contribution in [3.8, 4) is 22.9 Å². The second-order valence-corrected chi connectivity index (χ2v) is 9.99. The molecule has 1 aliphatic heterocycles. The molecule has 1 aliphatic rings. The molecule has 3 heterocycles. The number of nitrogens with zero attached hydrogens (tertiary/aromatic N) is 5. The second-order valence-electron chi connectivity index (χ2n) is 9.99. The lowest BCUT2D eigenvalue weighted by Gasteiger charge is -2.34. The summed E-state index contributed by atoms with van der Waals surface area (Å²) < 4.78 is 7.82. The average Bonchev–Trinajstić information content (AvgIpc) is 3.34. The SMILES string of the molecule is CC(C)C[C@@H](N)C(=O)N1CCC(n2ncc3c(N)nc(-c4ccc(Oc5ccccc5)cc4)nc32)CC1. The lowest BCUT2D eigenvalue weighted by atomic mass is 10.0. The molecule has 0 radical (unpaired) electrons. The second kappa shape index (κ2) is 10.6. The third kappa shape index (κ3) is 5.41.